The van der Waals surface area contributed by atoms with Crippen LogP contribution < -0.4 is 5.84 Å². The first kappa shape index (κ1) is 10.6. The zero-order valence-corrected chi connectivity index (χ0v) is 8.96. The Morgan fingerprint density at radius 1 is 1.50 bits per heavy atom. The van der Waals surface area contributed by atoms with E-state index in [1.807, 2.05) is 13.0 Å². The molecule has 0 atom stereocenters. The Morgan fingerprint density at radius 3 is 3.06 bits per heavy atom. The minimum Gasteiger partial charge on any atom is -0.392 e. The SMILES string of the molecule is CC(=CCc1ncnc2c1ncn2N)CO. The standard InChI is InChI=1S/C10H13N5O/c1-7(4-16)2-3-8-9-10(13-5-12-8)15(11)6-14-9/h2,5-6,16H,3-4,11H2,1H3. The fourth-order valence-corrected chi connectivity index (χ4v) is 1.39. The van der Waals surface area contributed by atoms with Gasteiger partial charge in [-0.2, -0.15) is 0 Å². The molecule has 0 aliphatic heterocycles. The number of nitrogen functional groups attached to an aromatic ring is 1. The van der Waals surface area contributed by atoms with Gasteiger partial charge >= 0.3 is 0 Å². The van der Waals surface area contributed by atoms with Crippen LogP contribution in [0.1, 0.15) is 12.6 Å². The van der Waals surface area contributed by atoms with Crippen molar-refractivity contribution in [1.29, 1.82) is 0 Å². The maximum atomic E-state index is 8.89. The molecule has 6 heteroatoms. The van der Waals surface area contributed by atoms with Gasteiger partial charge < -0.3 is 10.9 Å². The van der Waals surface area contributed by atoms with Gasteiger partial charge in [0.2, 0.25) is 0 Å². The van der Waals surface area contributed by atoms with E-state index in [0.717, 1.165) is 11.3 Å². The first-order valence-electron chi connectivity index (χ1n) is 4.91. The van der Waals surface area contributed by atoms with Crippen molar-refractivity contribution in [2.75, 3.05) is 12.4 Å². The van der Waals surface area contributed by atoms with Gasteiger partial charge in [-0.1, -0.05) is 11.6 Å². The van der Waals surface area contributed by atoms with E-state index in [9.17, 15) is 0 Å². The molecule has 0 saturated carbocycles. The molecule has 2 rings (SSSR count). The summed E-state index contributed by atoms with van der Waals surface area (Å²) in [6.45, 7) is 1.92. The van der Waals surface area contributed by atoms with Crippen LogP contribution in [0.4, 0.5) is 0 Å². The number of nitrogens with zero attached hydrogens (tertiary/aromatic N) is 4. The number of aromatic nitrogens is 4. The first-order chi connectivity index (χ1) is 7.72. The second kappa shape index (κ2) is 4.28. The number of rotatable bonds is 3. The molecule has 84 valence electrons. The van der Waals surface area contributed by atoms with Crippen molar-refractivity contribution in [1.82, 2.24) is 19.6 Å². The lowest BCUT2D eigenvalue weighted by atomic mass is 10.2. The zero-order chi connectivity index (χ0) is 11.5. The number of allylic oxidation sites excluding steroid dienone is 1. The maximum Gasteiger partial charge on any atom is 0.181 e. The molecule has 0 aliphatic carbocycles. The third kappa shape index (κ3) is 1.87. The second-order valence-corrected chi connectivity index (χ2v) is 3.56. The van der Waals surface area contributed by atoms with Crippen molar-refractivity contribution in [2.24, 2.45) is 0 Å². The molecule has 0 bridgehead atoms. The van der Waals surface area contributed by atoms with E-state index in [2.05, 4.69) is 15.0 Å². The highest BCUT2D eigenvalue weighted by molar-refractivity contribution is 5.73. The minimum atomic E-state index is 0.0551. The number of hydrogen-bond donors (Lipinski definition) is 2. The molecular weight excluding hydrogens is 206 g/mol. The van der Waals surface area contributed by atoms with Crippen LogP contribution in [0.5, 0.6) is 0 Å². The number of aliphatic hydroxyl groups is 1. The van der Waals surface area contributed by atoms with Gasteiger partial charge in [-0.05, 0) is 6.92 Å². The Balaban J connectivity index is 2.38. The van der Waals surface area contributed by atoms with Gasteiger partial charge in [0.05, 0.1) is 12.3 Å². The quantitative estimate of drug-likeness (QED) is 0.561. The molecule has 0 aliphatic rings. The number of fused-ring (bicyclic) bond motifs is 1. The monoisotopic (exact) mass is 219 g/mol. The number of nitrogens with two attached hydrogens (primary N) is 1. The smallest absolute Gasteiger partial charge is 0.181 e. The molecule has 6 nitrogen and oxygen atoms in total. The highest BCUT2D eigenvalue weighted by atomic mass is 16.3. The lowest BCUT2D eigenvalue weighted by molar-refractivity contribution is 0.331. The number of hydrogen-bond acceptors (Lipinski definition) is 5. The third-order valence-electron chi connectivity index (χ3n) is 2.33. The summed E-state index contributed by atoms with van der Waals surface area (Å²) in [4.78, 5) is 12.3. The van der Waals surface area contributed by atoms with Crippen LogP contribution in [-0.4, -0.2) is 31.3 Å². The van der Waals surface area contributed by atoms with E-state index >= 15 is 0 Å². The van der Waals surface area contributed by atoms with Crippen molar-refractivity contribution < 1.29 is 5.11 Å². The fraction of sp³-hybridized carbons (Fsp3) is 0.300. The largest absolute Gasteiger partial charge is 0.392 e. The highest BCUT2D eigenvalue weighted by Gasteiger charge is 2.07. The Labute approximate surface area is 92.4 Å². The van der Waals surface area contributed by atoms with Gasteiger partial charge in [-0.25, -0.2) is 19.6 Å². The third-order valence-corrected chi connectivity index (χ3v) is 2.33. The Kier molecular flexibility index (Phi) is 2.82. The van der Waals surface area contributed by atoms with Gasteiger partial charge in [0.25, 0.3) is 0 Å². The van der Waals surface area contributed by atoms with Crippen LogP contribution in [0.25, 0.3) is 11.2 Å². The molecule has 0 unspecified atom stereocenters. The minimum absolute atomic E-state index is 0.0551. The van der Waals surface area contributed by atoms with E-state index in [4.69, 9.17) is 10.9 Å². The molecule has 0 radical (unpaired) electrons. The predicted molar refractivity (Wildman–Crippen MR) is 60.0 cm³/mol. The van der Waals surface area contributed by atoms with Gasteiger partial charge in [-0.15, -0.1) is 0 Å². The Morgan fingerprint density at radius 2 is 2.31 bits per heavy atom. The molecule has 2 aromatic heterocycles. The lowest BCUT2D eigenvalue weighted by Gasteiger charge is -1.99. The number of aliphatic hydroxyl groups excluding tert-OH is 1. The van der Waals surface area contributed by atoms with Crippen LogP contribution in [0.3, 0.4) is 0 Å². The first-order valence-corrected chi connectivity index (χ1v) is 4.91. The average molecular weight is 219 g/mol. The van der Waals surface area contributed by atoms with Crippen molar-refractivity contribution in [3.8, 4) is 0 Å². The Hall–Kier alpha value is -1.95. The van der Waals surface area contributed by atoms with Crippen molar-refractivity contribution >= 4 is 11.2 Å². The fourth-order valence-electron chi connectivity index (χ4n) is 1.39. The van der Waals surface area contributed by atoms with E-state index < -0.39 is 0 Å². The Bertz CT molecular complexity index is 531. The molecule has 0 amide bonds. The van der Waals surface area contributed by atoms with Gasteiger partial charge in [0.1, 0.15) is 18.2 Å². The van der Waals surface area contributed by atoms with E-state index in [0.29, 0.717) is 17.6 Å². The summed E-state index contributed by atoms with van der Waals surface area (Å²) < 4.78 is 1.36. The topological polar surface area (TPSA) is 89.9 Å². The van der Waals surface area contributed by atoms with Crippen molar-refractivity contribution in [3.63, 3.8) is 0 Å². The number of imidazole rings is 1. The van der Waals surface area contributed by atoms with Crippen LogP contribution >= 0.6 is 0 Å². The normalized spacial score (nSPS) is 12.2. The summed E-state index contributed by atoms with van der Waals surface area (Å²) >= 11 is 0. The van der Waals surface area contributed by atoms with Crippen LogP contribution in [0.2, 0.25) is 0 Å². The van der Waals surface area contributed by atoms with Crippen molar-refractivity contribution in [2.45, 2.75) is 13.3 Å². The summed E-state index contributed by atoms with van der Waals surface area (Å²) in [5, 5.41) is 8.89. The van der Waals surface area contributed by atoms with Gasteiger partial charge in [0.15, 0.2) is 5.65 Å². The highest BCUT2D eigenvalue weighted by Crippen LogP contribution is 2.12. The summed E-state index contributed by atoms with van der Waals surface area (Å²) in [5.74, 6) is 5.64. The molecule has 0 aromatic carbocycles. The van der Waals surface area contributed by atoms with Gasteiger partial charge in [-0.3, -0.25) is 0 Å². The summed E-state index contributed by atoms with van der Waals surface area (Å²) in [6.07, 6.45) is 5.50. The lowest BCUT2D eigenvalue weighted by Crippen LogP contribution is -2.06. The van der Waals surface area contributed by atoms with E-state index in [1.165, 1.54) is 17.3 Å². The molecule has 3 N–H and O–H groups in total. The molecule has 2 heterocycles. The summed E-state index contributed by atoms with van der Waals surface area (Å²) in [6, 6.07) is 0. The average Bonchev–Trinajstić information content (AvgIpc) is 2.69. The maximum absolute atomic E-state index is 8.89. The summed E-state index contributed by atoms with van der Waals surface area (Å²) in [7, 11) is 0. The molecular formula is C10H13N5O. The van der Waals surface area contributed by atoms with Crippen LogP contribution in [0, 0.1) is 0 Å². The molecule has 0 saturated heterocycles. The van der Waals surface area contributed by atoms with Crippen LogP contribution in [0.15, 0.2) is 24.3 Å². The molecule has 16 heavy (non-hydrogen) atoms. The van der Waals surface area contributed by atoms with Gasteiger partial charge in [0, 0.05) is 6.42 Å². The summed E-state index contributed by atoms with van der Waals surface area (Å²) in [5.41, 5.74) is 3.02. The van der Waals surface area contributed by atoms with E-state index in [-0.39, 0.29) is 6.61 Å². The predicted octanol–water partition coefficient (Wildman–Crippen LogP) is 0.0212. The molecule has 0 fully saturated rings. The second-order valence-electron chi connectivity index (χ2n) is 3.56. The molecule has 0 spiro atoms. The molecule has 2 aromatic rings. The van der Waals surface area contributed by atoms with Crippen molar-refractivity contribution in [3.05, 3.63) is 30.0 Å². The van der Waals surface area contributed by atoms with E-state index in [1.54, 1.807) is 0 Å². The van der Waals surface area contributed by atoms with Crippen LogP contribution in [-0.2, 0) is 6.42 Å². The zero-order valence-electron chi connectivity index (χ0n) is 8.96.